The molecule has 0 bridgehead atoms. The van der Waals surface area contributed by atoms with Gasteiger partial charge in [-0.15, -0.1) is 0 Å². The van der Waals surface area contributed by atoms with Crippen molar-refractivity contribution in [2.45, 2.75) is 0 Å². The second-order valence-electron chi connectivity index (χ2n) is 0.634. The Morgan fingerprint density at radius 2 is 2.25 bits per heavy atom. The average molecular weight is 77.1 g/mol. The van der Waals surface area contributed by atoms with E-state index >= 15 is 0 Å². The first kappa shape index (κ1) is 2.35. The van der Waals surface area contributed by atoms with Crippen LogP contribution in [0, 0.1) is 0 Å². The van der Waals surface area contributed by atoms with Crippen LogP contribution >= 0.6 is 0 Å². The van der Waals surface area contributed by atoms with E-state index in [4.69, 9.17) is 0 Å². The van der Waals surface area contributed by atoms with Crippen LogP contribution in [0.3, 0.4) is 0 Å². The molecule has 1 saturated heterocycles. The highest BCUT2D eigenvalue weighted by atomic mass is 32.2. The molecule has 0 aromatic rings. The molecule has 0 unspecified atom stereocenters. The first-order valence-corrected chi connectivity index (χ1v) is 2.33. The maximum absolute atomic E-state index is 9.56. The van der Waals surface area contributed by atoms with Gasteiger partial charge >= 0.3 is 0 Å². The molecule has 4 heavy (non-hydrogen) atoms. The summed E-state index contributed by atoms with van der Waals surface area (Å²) in [7, 11) is -0.611. The largest absolute Gasteiger partial charge is 0.242 e. The highest BCUT2D eigenvalue weighted by Crippen LogP contribution is 1.82. The maximum atomic E-state index is 9.56. The molecule has 2 nitrogen and oxygen atoms in total. The van der Waals surface area contributed by atoms with Gasteiger partial charge in [-0.3, -0.25) is 0 Å². The predicted molar refractivity (Wildman–Crippen MR) is 16.1 cm³/mol. The van der Waals surface area contributed by atoms with E-state index in [9.17, 15) is 4.21 Å². The molecule has 1 N–H and O–H groups in total. The van der Waals surface area contributed by atoms with Crippen molar-refractivity contribution in [1.29, 1.82) is 0 Å². The Hall–Kier alpha value is 0.110. The van der Waals surface area contributed by atoms with Gasteiger partial charge in [0.15, 0.2) is 0 Å². The van der Waals surface area contributed by atoms with Crippen LogP contribution in [0.1, 0.15) is 0 Å². The summed E-state index contributed by atoms with van der Waals surface area (Å²) in [5.41, 5.74) is 0. The predicted octanol–water partition coefficient (Wildman–Crippen LogP) is -0.789. The molecule has 0 aromatic carbocycles. The van der Waals surface area contributed by atoms with Gasteiger partial charge in [-0.05, 0) is 0 Å². The molecule has 0 aliphatic carbocycles. The molecule has 1 aliphatic heterocycles. The average Bonchev–Trinajstić information content (AvgIpc) is 1.75. The van der Waals surface area contributed by atoms with Gasteiger partial charge < -0.3 is 0 Å². The highest BCUT2D eigenvalue weighted by Gasteiger charge is 2.08. The SMILES string of the molecule is O=[S@]1CN1. The van der Waals surface area contributed by atoms with E-state index in [2.05, 4.69) is 4.72 Å². The summed E-state index contributed by atoms with van der Waals surface area (Å²) in [5, 5.41) is 0. The minimum Gasteiger partial charge on any atom is -0.242 e. The van der Waals surface area contributed by atoms with Crippen molar-refractivity contribution < 1.29 is 4.21 Å². The lowest BCUT2D eigenvalue weighted by atomic mass is 11.6. The Bertz CT molecular complexity index is 46.0. The fourth-order valence-electron chi connectivity index (χ4n) is 0.0241. The zero-order valence-corrected chi connectivity index (χ0v) is 2.84. The molecule has 1 fully saturated rings. The van der Waals surface area contributed by atoms with Crippen molar-refractivity contribution in [3.05, 3.63) is 0 Å². The smallest absolute Gasteiger partial charge is 0.108 e. The molecule has 0 spiro atoms. The molecular formula is CH3NOS. The van der Waals surface area contributed by atoms with E-state index in [1.807, 2.05) is 0 Å². The third kappa shape index (κ3) is 0.269. The molecule has 0 aromatic heterocycles. The van der Waals surface area contributed by atoms with Gasteiger partial charge in [0.1, 0.15) is 11.0 Å². The molecule has 3 heteroatoms. The van der Waals surface area contributed by atoms with E-state index in [1.165, 1.54) is 0 Å². The van der Waals surface area contributed by atoms with Gasteiger partial charge in [0.05, 0.1) is 5.88 Å². The molecule has 1 aliphatic rings. The Kier molecular flexibility index (Phi) is 0.312. The van der Waals surface area contributed by atoms with Crippen LogP contribution in [0.5, 0.6) is 0 Å². The van der Waals surface area contributed by atoms with E-state index < -0.39 is 11.0 Å². The molecule has 0 radical (unpaired) electrons. The van der Waals surface area contributed by atoms with Crippen LogP contribution in [-0.4, -0.2) is 10.1 Å². The summed E-state index contributed by atoms with van der Waals surface area (Å²) in [6.45, 7) is 0. The summed E-state index contributed by atoms with van der Waals surface area (Å²) in [4.78, 5) is 0. The molecular weight excluding hydrogens is 74.1 g/mol. The van der Waals surface area contributed by atoms with Crippen LogP contribution in [0.2, 0.25) is 0 Å². The van der Waals surface area contributed by atoms with Gasteiger partial charge in [0, 0.05) is 0 Å². The summed E-state index contributed by atoms with van der Waals surface area (Å²) in [5.74, 6) is 0.708. The lowest BCUT2D eigenvalue weighted by Crippen LogP contribution is -1.59. The second-order valence-corrected chi connectivity index (χ2v) is 1.90. The number of nitrogens with one attached hydrogen (secondary N) is 1. The van der Waals surface area contributed by atoms with Crippen LogP contribution < -0.4 is 4.72 Å². The van der Waals surface area contributed by atoms with Gasteiger partial charge in [-0.2, -0.15) is 0 Å². The Morgan fingerprint density at radius 3 is 2.25 bits per heavy atom. The number of hydrogen-bond donors (Lipinski definition) is 1. The normalized spacial score (nSPS) is 39.5. The number of hydrogen-bond acceptors (Lipinski definition) is 1. The Morgan fingerprint density at radius 1 is 2.00 bits per heavy atom. The quantitative estimate of drug-likeness (QED) is 0.378. The van der Waals surface area contributed by atoms with E-state index in [1.54, 1.807) is 0 Å². The van der Waals surface area contributed by atoms with E-state index in [0.29, 0.717) is 5.88 Å². The third-order valence-electron chi connectivity index (χ3n) is 0.262. The van der Waals surface area contributed by atoms with Crippen molar-refractivity contribution in [2.24, 2.45) is 0 Å². The zero-order chi connectivity index (χ0) is 2.99. The fourth-order valence-corrected chi connectivity index (χ4v) is 0.217. The maximum Gasteiger partial charge on any atom is 0.108 e. The minimum atomic E-state index is -0.611. The Balaban J connectivity index is 2.60. The lowest BCUT2D eigenvalue weighted by Gasteiger charge is -1.30. The number of rotatable bonds is 0. The standard InChI is InChI=1S/CH3NOS/c3-4-1-2-4/h2H,1H2/t4-/m0/s1. The molecule has 24 valence electrons. The summed E-state index contributed by atoms with van der Waals surface area (Å²) >= 11 is 0. The topological polar surface area (TPSA) is 39.0 Å². The van der Waals surface area contributed by atoms with Crippen LogP contribution in [0.4, 0.5) is 0 Å². The second kappa shape index (κ2) is 0.530. The van der Waals surface area contributed by atoms with Crippen molar-refractivity contribution in [1.82, 2.24) is 4.72 Å². The van der Waals surface area contributed by atoms with Crippen LogP contribution in [0.15, 0.2) is 0 Å². The van der Waals surface area contributed by atoms with E-state index in [-0.39, 0.29) is 0 Å². The van der Waals surface area contributed by atoms with Crippen LogP contribution in [-0.2, 0) is 11.0 Å². The van der Waals surface area contributed by atoms with Crippen molar-refractivity contribution in [2.75, 3.05) is 5.88 Å². The van der Waals surface area contributed by atoms with Crippen molar-refractivity contribution in [3.8, 4) is 0 Å². The van der Waals surface area contributed by atoms with Crippen molar-refractivity contribution in [3.63, 3.8) is 0 Å². The minimum absolute atomic E-state index is 0.611. The first-order valence-electron chi connectivity index (χ1n) is 1.01. The zero-order valence-electron chi connectivity index (χ0n) is 2.02. The summed E-state index contributed by atoms with van der Waals surface area (Å²) in [6.07, 6.45) is 0. The highest BCUT2D eigenvalue weighted by molar-refractivity contribution is 7.89. The monoisotopic (exact) mass is 77.0 g/mol. The van der Waals surface area contributed by atoms with Gasteiger partial charge in [-0.25, -0.2) is 8.93 Å². The Labute approximate surface area is 26.8 Å². The lowest BCUT2D eigenvalue weighted by molar-refractivity contribution is 0.693. The summed E-state index contributed by atoms with van der Waals surface area (Å²) < 4.78 is 12.1. The molecule has 1 rings (SSSR count). The third-order valence-corrected chi connectivity index (χ3v) is 0.787. The van der Waals surface area contributed by atoms with Crippen LogP contribution in [0.25, 0.3) is 0 Å². The fraction of sp³-hybridized carbons (Fsp3) is 1.00. The summed E-state index contributed by atoms with van der Waals surface area (Å²) in [6, 6.07) is 0. The first-order chi connectivity index (χ1) is 1.89. The van der Waals surface area contributed by atoms with Gasteiger partial charge in [0.25, 0.3) is 0 Å². The van der Waals surface area contributed by atoms with Gasteiger partial charge in [0.2, 0.25) is 0 Å². The molecule has 1 atom stereocenters. The molecule has 0 amide bonds. The van der Waals surface area contributed by atoms with Crippen molar-refractivity contribution >= 4 is 11.0 Å². The van der Waals surface area contributed by atoms with Gasteiger partial charge in [-0.1, -0.05) is 0 Å². The molecule has 0 saturated carbocycles. The molecule has 1 heterocycles. The van der Waals surface area contributed by atoms with E-state index in [0.717, 1.165) is 0 Å².